The van der Waals surface area contributed by atoms with Crippen molar-refractivity contribution in [3.63, 3.8) is 0 Å². The van der Waals surface area contributed by atoms with Crippen LogP contribution in [0.1, 0.15) is 35.2 Å². The Bertz CT molecular complexity index is 1430. The van der Waals surface area contributed by atoms with Crippen LogP contribution in [-0.4, -0.2) is 23.9 Å². The Kier molecular flexibility index (Phi) is 5.90. The lowest BCUT2D eigenvalue weighted by Crippen LogP contribution is -2.35. The number of carbonyl (C=O) groups is 1. The third-order valence-corrected chi connectivity index (χ3v) is 6.40. The van der Waals surface area contributed by atoms with Gasteiger partial charge in [0.15, 0.2) is 11.5 Å². The Morgan fingerprint density at radius 3 is 2.69 bits per heavy atom. The molecule has 1 atom stereocenters. The number of esters is 1. The van der Waals surface area contributed by atoms with Gasteiger partial charge in [0.25, 0.3) is 5.56 Å². The van der Waals surface area contributed by atoms with Crippen molar-refractivity contribution in [1.29, 1.82) is 0 Å². The number of rotatable bonds is 5. The Morgan fingerprint density at radius 1 is 1.14 bits per heavy atom. The van der Waals surface area contributed by atoms with E-state index in [2.05, 4.69) is 0 Å². The molecular weight excluding hydrogens is 472 g/mol. The number of aromatic nitrogens is 1. The molecule has 180 valence electrons. The van der Waals surface area contributed by atoms with Crippen molar-refractivity contribution >= 4 is 17.6 Å². The first-order valence-corrected chi connectivity index (χ1v) is 11.5. The van der Waals surface area contributed by atoms with Gasteiger partial charge >= 0.3 is 5.97 Å². The second kappa shape index (κ2) is 9.03. The minimum atomic E-state index is -0.859. The summed E-state index contributed by atoms with van der Waals surface area (Å²) in [6.07, 6.45) is 0. The second-order valence-corrected chi connectivity index (χ2v) is 8.60. The first-order valence-electron chi connectivity index (χ1n) is 11.1. The van der Waals surface area contributed by atoms with Crippen LogP contribution in [0.5, 0.6) is 17.2 Å². The van der Waals surface area contributed by atoms with E-state index in [1.54, 1.807) is 41.8 Å². The predicted molar refractivity (Wildman–Crippen MR) is 129 cm³/mol. The normalized spacial score (nSPS) is 16.0. The fraction of sp³-hybridized carbons (Fsp3) is 0.231. The van der Waals surface area contributed by atoms with Crippen LogP contribution >= 0.6 is 11.6 Å². The van der Waals surface area contributed by atoms with E-state index in [-0.39, 0.29) is 48.3 Å². The predicted octanol–water partition coefficient (Wildman–Crippen LogP) is 3.84. The molecule has 0 unspecified atom stereocenters. The van der Waals surface area contributed by atoms with Crippen molar-refractivity contribution < 1.29 is 23.7 Å². The highest BCUT2D eigenvalue weighted by atomic mass is 35.5. The van der Waals surface area contributed by atoms with Gasteiger partial charge in [0.1, 0.15) is 11.3 Å². The minimum Gasteiger partial charge on any atom is -0.462 e. The average Bonchev–Trinajstić information content (AvgIpc) is 3.29. The minimum absolute atomic E-state index is 0.0445. The first kappa shape index (κ1) is 22.9. The van der Waals surface area contributed by atoms with Gasteiger partial charge in [-0.3, -0.25) is 4.79 Å². The molecule has 0 saturated heterocycles. The van der Waals surface area contributed by atoms with Gasteiger partial charge in [0.05, 0.1) is 24.6 Å². The summed E-state index contributed by atoms with van der Waals surface area (Å²) in [6, 6.07) is 14.3. The first-order chi connectivity index (χ1) is 16.9. The van der Waals surface area contributed by atoms with Crippen LogP contribution in [0.2, 0.25) is 5.02 Å². The lowest BCUT2D eigenvalue weighted by Gasteiger charge is -2.29. The van der Waals surface area contributed by atoms with Crippen molar-refractivity contribution in [2.24, 2.45) is 5.73 Å². The topological polar surface area (TPSA) is 102 Å². The molecule has 0 amide bonds. The summed E-state index contributed by atoms with van der Waals surface area (Å²) in [5, 5.41) is 0.391. The molecule has 3 heterocycles. The SMILES string of the molecule is CCOC(=O)C1=C(N)Oc2cc(C)n(Cc3ccc4c(c3)OCO4)c(=O)c2[C@@H]1c1ccccc1Cl. The molecule has 0 spiro atoms. The monoisotopic (exact) mass is 494 g/mol. The molecule has 0 saturated carbocycles. The van der Waals surface area contributed by atoms with E-state index in [0.29, 0.717) is 27.8 Å². The lowest BCUT2D eigenvalue weighted by molar-refractivity contribution is -0.139. The fourth-order valence-corrected chi connectivity index (χ4v) is 4.68. The molecule has 2 aliphatic rings. The quantitative estimate of drug-likeness (QED) is 0.537. The fourth-order valence-electron chi connectivity index (χ4n) is 4.43. The third kappa shape index (κ3) is 4.00. The van der Waals surface area contributed by atoms with Crippen molar-refractivity contribution in [1.82, 2.24) is 4.57 Å². The molecule has 35 heavy (non-hydrogen) atoms. The van der Waals surface area contributed by atoms with Crippen LogP contribution in [-0.2, 0) is 16.1 Å². The zero-order valence-corrected chi connectivity index (χ0v) is 19.9. The van der Waals surface area contributed by atoms with E-state index in [9.17, 15) is 9.59 Å². The van der Waals surface area contributed by atoms with Gasteiger partial charge in [0, 0.05) is 16.8 Å². The van der Waals surface area contributed by atoms with Crippen LogP contribution in [0, 0.1) is 6.92 Å². The molecule has 8 nitrogen and oxygen atoms in total. The van der Waals surface area contributed by atoms with Gasteiger partial charge < -0.3 is 29.2 Å². The Balaban J connectivity index is 1.67. The van der Waals surface area contributed by atoms with Crippen LogP contribution in [0.4, 0.5) is 0 Å². The molecule has 0 aliphatic carbocycles. The number of carbonyl (C=O) groups excluding carboxylic acids is 1. The Hall–Kier alpha value is -3.91. The summed E-state index contributed by atoms with van der Waals surface area (Å²) >= 11 is 6.54. The largest absolute Gasteiger partial charge is 0.462 e. The maximum Gasteiger partial charge on any atom is 0.340 e. The van der Waals surface area contributed by atoms with Crippen LogP contribution < -0.4 is 25.5 Å². The number of nitrogens with two attached hydrogens (primary N) is 1. The number of hydrogen-bond acceptors (Lipinski definition) is 7. The number of pyridine rings is 1. The standard InChI is InChI=1S/C26H23ClN2O6/c1-3-32-26(31)23-21(16-6-4-5-7-17(16)27)22-20(35-24(23)28)10-14(2)29(25(22)30)12-15-8-9-18-19(11-15)34-13-33-18/h4-11,21H,3,12-13,28H2,1-2H3/t21-/m0/s1. The molecule has 2 aliphatic heterocycles. The number of halogens is 1. The summed E-state index contributed by atoms with van der Waals surface area (Å²) in [4.78, 5) is 26.9. The maximum atomic E-state index is 14.0. The molecule has 5 rings (SSSR count). The second-order valence-electron chi connectivity index (χ2n) is 8.20. The highest BCUT2D eigenvalue weighted by Crippen LogP contribution is 2.43. The molecule has 0 fully saturated rings. The summed E-state index contributed by atoms with van der Waals surface area (Å²) in [7, 11) is 0. The van der Waals surface area contributed by atoms with E-state index in [1.807, 2.05) is 25.1 Å². The van der Waals surface area contributed by atoms with Crippen molar-refractivity contribution in [3.05, 3.63) is 97.7 Å². The molecule has 1 aromatic heterocycles. The summed E-state index contributed by atoms with van der Waals surface area (Å²) in [5.74, 6) is -0.0672. The van der Waals surface area contributed by atoms with Crippen LogP contribution in [0.15, 0.2) is 64.8 Å². The van der Waals surface area contributed by atoms with E-state index in [0.717, 1.165) is 5.56 Å². The van der Waals surface area contributed by atoms with Crippen molar-refractivity contribution in [3.8, 4) is 17.2 Å². The summed E-state index contributed by atoms with van der Waals surface area (Å²) in [6.45, 7) is 4.08. The number of nitrogens with zero attached hydrogens (tertiary/aromatic N) is 1. The molecule has 3 aromatic rings. The smallest absolute Gasteiger partial charge is 0.340 e. The van der Waals surface area contributed by atoms with Crippen LogP contribution in [0.3, 0.4) is 0 Å². The van der Waals surface area contributed by atoms with E-state index in [1.165, 1.54) is 0 Å². The number of hydrogen-bond donors (Lipinski definition) is 1. The summed E-state index contributed by atoms with van der Waals surface area (Å²) in [5.41, 5.74) is 8.26. The zero-order valence-electron chi connectivity index (χ0n) is 19.2. The van der Waals surface area contributed by atoms with Crippen LogP contribution in [0.25, 0.3) is 0 Å². The van der Waals surface area contributed by atoms with E-state index < -0.39 is 11.9 Å². The molecule has 2 N–H and O–H groups in total. The lowest BCUT2D eigenvalue weighted by atomic mass is 9.83. The Morgan fingerprint density at radius 2 is 1.91 bits per heavy atom. The number of benzene rings is 2. The van der Waals surface area contributed by atoms with E-state index in [4.69, 9.17) is 36.3 Å². The maximum absolute atomic E-state index is 14.0. The third-order valence-electron chi connectivity index (χ3n) is 6.06. The zero-order chi connectivity index (χ0) is 24.7. The number of fused-ring (bicyclic) bond motifs is 2. The van der Waals surface area contributed by atoms with Gasteiger partial charge in [-0.05, 0) is 43.2 Å². The Labute approximate surface area is 206 Å². The van der Waals surface area contributed by atoms with Crippen molar-refractivity contribution in [2.75, 3.05) is 13.4 Å². The molecule has 9 heteroatoms. The molecular formula is C26H23ClN2O6. The average molecular weight is 495 g/mol. The highest BCUT2D eigenvalue weighted by molar-refractivity contribution is 6.31. The number of aryl methyl sites for hydroxylation is 1. The van der Waals surface area contributed by atoms with Gasteiger partial charge in [-0.1, -0.05) is 35.9 Å². The van der Waals surface area contributed by atoms with Gasteiger partial charge in [-0.25, -0.2) is 4.79 Å². The number of ether oxygens (including phenoxy) is 4. The van der Waals surface area contributed by atoms with E-state index >= 15 is 0 Å². The van der Waals surface area contributed by atoms with Crippen molar-refractivity contribution in [2.45, 2.75) is 26.3 Å². The molecule has 2 aromatic carbocycles. The molecule has 0 radical (unpaired) electrons. The molecule has 0 bridgehead atoms. The van der Waals surface area contributed by atoms with Gasteiger partial charge in [0.2, 0.25) is 12.7 Å². The highest BCUT2D eigenvalue weighted by Gasteiger charge is 2.39. The summed E-state index contributed by atoms with van der Waals surface area (Å²) < 4.78 is 23.5. The van der Waals surface area contributed by atoms with Gasteiger partial charge in [-0.15, -0.1) is 0 Å². The van der Waals surface area contributed by atoms with Gasteiger partial charge in [-0.2, -0.15) is 0 Å².